The van der Waals surface area contributed by atoms with Crippen LogP contribution >= 0.6 is 34.9 Å². The van der Waals surface area contributed by atoms with Gasteiger partial charge in [0, 0.05) is 27.9 Å². The Morgan fingerprint density at radius 2 is 1.92 bits per heavy atom. The molecule has 1 atom stereocenters. The van der Waals surface area contributed by atoms with E-state index in [0.717, 1.165) is 36.6 Å². The summed E-state index contributed by atoms with van der Waals surface area (Å²) in [5.74, 6) is 1.78. The molecular weight excluding hydrogens is 370 g/mol. The lowest BCUT2D eigenvalue weighted by Gasteiger charge is -2.08. The Kier molecular flexibility index (Phi) is 5.86. The van der Waals surface area contributed by atoms with Crippen LogP contribution in [0.1, 0.15) is 36.8 Å². The second-order valence-corrected chi connectivity index (χ2v) is 10.2. The number of H-pyrrole nitrogens is 1. The zero-order valence-corrected chi connectivity index (χ0v) is 17.1. The molecule has 0 radical (unpaired) electrons. The summed E-state index contributed by atoms with van der Waals surface area (Å²) >= 11 is 4.79. The number of carbonyl (C=O) groups is 1. The number of para-hydroxylation sites is 1. The Morgan fingerprint density at radius 3 is 2.68 bits per heavy atom. The van der Waals surface area contributed by atoms with E-state index in [-0.39, 0.29) is 11.0 Å². The average Bonchev–Trinajstić information content (AvgIpc) is 3.15. The van der Waals surface area contributed by atoms with E-state index in [9.17, 15) is 4.79 Å². The lowest BCUT2D eigenvalue weighted by molar-refractivity contribution is 0.0995. The molecule has 0 aliphatic carbocycles. The highest BCUT2D eigenvalue weighted by Crippen LogP contribution is 2.34. The monoisotopic (exact) mass is 391 g/mol. The van der Waals surface area contributed by atoms with Gasteiger partial charge in [-0.15, -0.1) is 10.2 Å². The highest BCUT2D eigenvalue weighted by Gasteiger charge is 2.23. The number of aromatic amines is 1. The molecule has 0 saturated carbocycles. The fraction of sp³-hybridized carbons (Fsp3) is 0.389. The maximum atomic E-state index is 13.0. The zero-order chi connectivity index (χ0) is 18.0. The second-order valence-electron chi connectivity index (χ2n) is 6.33. The van der Waals surface area contributed by atoms with Crippen LogP contribution in [0.25, 0.3) is 10.9 Å². The number of hydrogen-bond acceptors (Lipinski definition) is 6. The van der Waals surface area contributed by atoms with Crippen molar-refractivity contribution in [3.63, 3.8) is 0 Å². The quantitative estimate of drug-likeness (QED) is 0.429. The molecule has 2 aromatic heterocycles. The molecule has 3 rings (SSSR count). The molecule has 0 spiro atoms. The SMILES string of the molecule is Cc1[nH]c2ccccc2c1C(=O)[C@H](C)Sc1nnc(SCC(C)C)s1. The summed E-state index contributed by atoms with van der Waals surface area (Å²) < 4.78 is 1.82. The largest absolute Gasteiger partial charge is 0.358 e. The van der Waals surface area contributed by atoms with Gasteiger partial charge in [0.25, 0.3) is 0 Å². The van der Waals surface area contributed by atoms with Crippen LogP contribution < -0.4 is 0 Å². The number of aryl methyl sites for hydroxylation is 1. The minimum Gasteiger partial charge on any atom is -0.358 e. The predicted molar refractivity (Wildman–Crippen MR) is 108 cm³/mol. The van der Waals surface area contributed by atoms with E-state index in [1.54, 1.807) is 23.1 Å². The van der Waals surface area contributed by atoms with E-state index < -0.39 is 0 Å². The third-order valence-electron chi connectivity index (χ3n) is 3.71. The van der Waals surface area contributed by atoms with Crippen LogP contribution in [0, 0.1) is 12.8 Å². The fourth-order valence-electron chi connectivity index (χ4n) is 2.54. The average molecular weight is 392 g/mol. The first-order valence-electron chi connectivity index (χ1n) is 8.20. The number of ketones is 1. The molecule has 0 bridgehead atoms. The van der Waals surface area contributed by atoms with Gasteiger partial charge in [-0.1, -0.05) is 66.9 Å². The Bertz CT molecular complexity index is 885. The number of nitrogens with zero attached hydrogens (tertiary/aromatic N) is 2. The van der Waals surface area contributed by atoms with Gasteiger partial charge in [-0.25, -0.2) is 0 Å². The molecule has 4 nitrogen and oxygen atoms in total. The normalized spacial score (nSPS) is 12.8. The van der Waals surface area contributed by atoms with Crippen molar-refractivity contribution < 1.29 is 4.79 Å². The molecular formula is C18H21N3OS3. The van der Waals surface area contributed by atoms with Crippen LogP contribution in [-0.2, 0) is 0 Å². The van der Waals surface area contributed by atoms with Gasteiger partial charge < -0.3 is 4.98 Å². The Balaban J connectivity index is 1.73. The molecule has 1 aromatic carbocycles. The first-order valence-corrected chi connectivity index (χ1v) is 10.9. The van der Waals surface area contributed by atoms with E-state index in [2.05, 4.69) is 29.0 Å². The number of benzene rings is 1. The van der Waals surface area contributed by atoms with Crippen LogP contribution in [0.2, 0.25) is 0 Å². The van der Waals surface area contributed by atoms with E-state index in [4.69, 9.17) is 0 Å². The summed E-state index contributed by atoms with van der Waals surface area (Å²) in [7, 11) is 0. The Morgan fingerprint density at radius 1 is 1.20 bits per heavy atom. The standard InChI is InChI=1S/C18H21N3OS3/c1-10(2)9-23-17-20-21-18(25-17)24-12(4)16(22)15-11(3)19-14-8-6-5-7-13(14)15/h5-8,10,12,19H,9H2,1-4H3/t12-/m0/s1. The summed E-state index contributed by atoms with van der Waals surface area (Å²) in [6, 6.07) is 7.93. The molecule has 0 fully saturated rings. The molecule has 0 aliphatic heterocycles. The van der Waals surface area contributed by atoms with Crippen LogP contribution in [0.5, 0.6) is 0 Å². The third kappa shape index (κ3) is 4.27. The third-order valence-corrected chi connectivity index (χ3v) is 7.38. The van der Waals surface area contributed by atoms with Gasteiger partial charge >= 0.3 is 0 Å². The van der Waals surface area contributed by atoms with E-state index in [1.807, 2.05) is 38.1 Å². The predicted octanol–water partition coefficient (Wildman–Crippen LogP) is 5.44. The van der Waals surface area contributed by atoms with Crippen molar-refractivity contribution in [3.8, 4) is 0 Å². The van der Waals surface area contributed by atoms with Gasteiger partial charge in [0.2, 0.25) is 0 Å². The minimum absolute atomic E-state index is 0.131. The van der Waals surface area contributed by atoms with Gasteiger partial charge in [0.1, 0.15) is 0 Å². The molecule has 2 heterocycles. The molecule has 25 heavy (non-hydrogen) atoms. The molecule has 0 unspecified atom stereocenters. The van der Waals surface area contributed by atoms with Crippen molar-refractivity contribution >= 4 is 51.5 Å². The van der Waals surface area contributed by atoms with E-state index in [0.29, 0.717) is 5.92 Å². The topological polar surface area (TPSA) is 58.6 Å². The molecule has 7 heteroatoms. The molecule has 3 aromatic rings. The fourth-order valence-corrected chi connectivity index (χ4v) is 5.74. The lowest BCUT2D eigenvalue weighted by atomic mass is 10.1. The second kappa shape index (κ2) is 7.93. The number of aromatic nitrogens is 3. The number of nitrogens with one attached hydrogen (secondary N) is 1. The first kappa shape index (κ1) is 18.5. The summed E-state index contributed by atoms with van der Waals surface area (Å²) in [5, 5.41) is 9.25. The maximum absolute atomic E-state index is 13.0. The van der Waals surface area contributed by atoms with Crippen LogP contribution in [0.15, 0.2) is 32.9 Å². The number of carbonyl (C=O) groups excluding carboxylic acids is 1. The van der Waals surface area contributed by atoms with Crippen LogP contribution in [0.3, 0.4) is 0 Å². The number of Topliss-reactive ketones (excluding diaryl/α,β-unsaturated/α-hetero) is 1. The van der Waals surface area contributed by atoms with Crippen molar-refractivity contribution in [3.05, 3.63) is 35.5 Å². The smallest absolute Gasteiger partial charge is 0.178 e. The van der Waals surface area contributed by atoms with E-state index >= 15 is 0 Å². The highest BCUT2D eigenvalue weighted by molar-refractivity contribution is 8.04. The molecule has 132 valence electrons. The molecule has 0 aliphatic rings. The molecule has 1 N–H and O–H groups in total. The van der Waals surface area contributed by atoms with E-state index in [1.165, 1.54) is 11.8 Å². The lowest BCUT2D eigenvalue weighted by Crippen LogP contribution is -2.14. The van der Waals surface area contributed by atoms with Crippen molar-refractivity contribution in [2.45, 2.75) is 41.6 Å². The van der Waals surface area contributed by atoms with Gasteiger partial charge in [-0.2, -0.15) is 0 Å². The van der Waals surface area contributed by atoms with Crippen LogP contribution in [-0.4, -0.2) is 32.0 Å². The van der Waals surface area contributed by atoms with Gasteiger partial charge in [-0.05, 0) is 25.8 Å². The van der Waals surface area contributed by atoms with Crippen molar-refractivity contribution in [2.75, 3.05) is 5.75 Å². The van der Waals surface area contributed by atoms with Crippen molar-refractivity contribution in [1.29, 1.82) is 0 Å². The van der Waals surface area contributed by atoms with Crippen molar-refractivity contribution in [1.82, 2.24) is 15.2 Å². The summed E-state index contributed by atoms with van der Waals surface area (Å²) in [6.45, 7) is 8.27. The number of fused-ring (bicyclic) bond motifs is 1. The first-order chi connectivity index (χ1) is 12.0. The molecule has 0 saturated heterocycles. The van der Waals surface area contributed by atoms with Crippen LogP contribution in [0.4, 0.5) is 0 Å². The van der Waals surface area contributed by atoms with Crippen molar-refractivity contribution in [2.24, 2.45) is 5.92 Å². The maximum Gasteiger partial charge on any atom is 0.178 e. The Hall–Kier alpha value is -1.31. The molecule has 0 amide bonds. The summed E-state index contributed by atoms with van der Waals surface area (Å²) in [4.78, 5) is 16.3. The minimum atomic E-state index is -0.200. The van der Waals surface area contributed by atoms with Gasteiger partial charge in [-0.3, -0.25) is 4.79 Å². The van der Waals surface area contributed by atoms with Gasteiger partial charge in [0.15, 0.2) is 14.5 Å². The number of rotatable bonds is 7. The Labute approximate surface area is 160 Å². The highest BCUT2D eigenvalue weighted by atomic mass is 32.2. The summed E-state index contributed by atoms with van der Waals surface area (Å²) in [5.41, 5.74) is 2.71. The summed E-state index contributed by atoms with van der Waals surface area (Å²) in [6.07, 6.45) is 0. The zero-order valence-electron chi connectivity index (χ0n) is 14.7. The number of hydrogen-bond donors (Lipinski definition) is 1. The number of thioether (sulfide) groups is 2. The van der Waals surface area contributed by atoms with Gasteiger partial charge in [0.05, 0.1) is 5.25 Å².